The highest BCUT2D eigenvalue weighted by Crippen LogP contribution is 2.24. The fraction of sp³-hybridized carbons (Fsp3) is 0.318. The Kier molecular flexibility index (Phi) is 9.15. The number of carbonyl (C=O) groups is 3. The molecule has 0 unspecified atom stereocenters. The Balaban J connectivity index is 1.90. The van der Waals surface area contributed by atoms with Crippen LogP contribution in [0.4, 0.5) is 10.5 Å². The van der Waals surface area contributed by atoms with Crippen LogP contribution in [-0.4, -0.2) is 37.6 Å². The minimum Gasteiger partial charge on any atom is -0.467 e. The standard InChI is InChI=1S/C22H25Cl2N3O4/c1-13-7-4-8-14(2)19(13)27-22(30)25-12-6-11-17(21(29)31-3)26-20(28)18-15(23)9-5-10-16(18)24/h4-5,7-10,17H,6,11-12H2,1-3H3,(H,26,28)(H2,25,27,30)/t17-/m0/s1. The number of rotatable bonds is 8. The highest BCUT2D eigenvalue weighted by atomic mass is 35.5. The number of carbonyl (C=O) groups excluding carboxylic acids is 3. The lowest BCUT2D eigenvalue weighted by Crippen LogP contribution is -2.42. The summed E-state index contributed by atoms with van der Waals surface area (Å²) in [7, 11) is 1.24. The smallest absolute Gasteiger partial charge is 0.328 e. The Morgan fingerprint density at radius 1 is 1.00 bits per heavy atom. The van der Waals surface area contributed by atoms with Gasteiger partial charge in [-0.15, -0.1) is 0 Å². The monoisotopic (exact) mass is 465 g/mol. The van der Waals surface area contributed by atoms with E-state index in [0.717, 1.165) is 16.8 Å². The number of anilines is 1. The van der Waals surface area contributed by atoms with Gasteiger partial charge in [0.1, 0.15) is 6.04 Å². The van der Waals surface area contributed by atoms with Gasteiger partial charge in [0.05, 0.1) is 22.7 Å². The third-order valence-electron chi connectivity index (χ3n) is 4.66. The number of halogens is 2. The highest BCUT2D eigenvalue weighted by Gasteiger charge is 2.24. The molecule has 0 aromatic heterocycles. The van der Waals surface area contributed by atoms with Gasteiger partial charge in [0.25, 0.3) is 5.91 Å². The lowest BCUT2D eigenvalue weighted by Gasteiger charge is -2.18. The van der Waals surface area contributed by atoms with Gasteiger partial charge in [-0.25, -0.2) is 9.59 Å². The van der Waals surface area contributed by atoms with Gasteiger partial charge in [-0.05, 0) is 49.9 Å². The van der Waals surface area contributed by atoms with Crippen LogP contribution < -0.4 is 16.0 Å². The average molecular weight is 466 g/mol. The quantitative estimate of drug-likeness (QED) is 0.395. The maximum atomic E-state index is 12.6. The summed E-state index contributed by atoms with van der Waals surface area (Å²) in [4.78, 5) is 36.8. The van der Waals surface area contributed by atoms with Crippen LogP contribution in [-0.2, 0) is 9.53 Å². The van der Waals surface area contributed by atoms with Crippen LogP contribution in [0.1, 0.15) is 34.3 Å². The average Bonchev–Trinajstić information content (AvgIpc) is 2.72. The highest BCUT2D eigenvalue weighted by molar-refractivity contribution is 6.39. The molecule has 3 amide bonds. The van der Waals surface area contributed by atoms with E-state index in [1.54, 1.807) is 6.07 Å². The molecule has 2 aromatic carbocycles. The number of nitrogens with one attached hydrogen (secondary N) is 3. The van der Waals surface area contributed by atoms with Crippen LogP contribution >= 0.6 is 23.2 Å². The Labute approximate surface area is 191 Å². The van der Waals surface area contributed by atoms with E-state index in [-0.39, 0.29) is 28.1 Å². The molecular formula is C22H25Cl2N3O4. The molecule has 0 bridgehead atoms. The number of esters is 1. The number of benzene rings is 2. The first-order valence-corrected chi connectivity index (χ1v) is 10.4. The minimum atomic E-state index is -0.909. The summed E-state index contributed by atoms with van der Waals surface area (Å²) < 4.78 is 4.77. The van der Waals surface area contributed by atoms with Crippen molar-refractivity contribution in [2.24, 2.45) is 0 Å². The third-order valence-corrected chi connectivity index (χ3v) is 5.29. The molecule has 3 N–H and O–H groups in total. The number of methoxy groups -OCH3 is 1. The van der Waals surface area contributed by atoms with Crippen LogP contribution in [0.2, 0.25) is 10.0 Å². The minimum absolute atomic E-state index is 0.0887. The van der Waals surface area contributed by atoms with Crippen molar-refractivity contribution >= 4 is 46.8 Å². The van der Waals surface area contributed by atoms with Crippen molar-refractivity contribution in [3.05, 3.63) is 63.1 Å². The molecule has 166 valence electrons. The molecule has 9 heteroatoms. The molecule has 0 fully saturated rings. The maximum absolute atomic E-state index is 12.6. The number of para-hydroxylation sites is 1. The van der Waals surface area contributed by atoms with Gasteiger partial charge < -0.3 is 20.7 Å². The largest absolute Gasteiger partial charge is 0.467 e. The first-order chi connectivity index (χ1) is 14.7. The van der Waals surface area contributed by atoms with E-state index in [9.17, 15) is 14.4 Å². The van der Waals surface area contributed by atoms with Gasteiger partial charge in [0.2, 0.25) is 0 Å². The van der Waals surface area contributed by atoms with Crippen LogP contribution in [0.3, 0.4) is 0 Å². The zero-order chi connectivity index (χ0) is 23.0. The van der Waals surface area contributed by atoms with Crippen LogP contribution in [0.25, 0.3) is 0 Å². The van der Waals surface area contributed by atoms with Crippen molar-refractivity contribution in [3.63, 3.8) is 0 Å². The van der Waals surface area contributed by atoms with Crippen molar-refractivity contribution in [1.82, 2.24) is 10.6 Å². The second-order valence-corrected chi connectivity index (χ2v) is 7.75. The number of ether oxygens (including phenoxy) is 1. The van der Waals surface area contributed by atoms with Gasteiger partial charge in [-0.3, -0.25) is 4.79 Å². The summed E-state index contributed by atoms with van der Waals surface area (Å²) in [6.45, 7) is 4.13. The van der Waals surface area contributed by atoms with Gasteiger partial charge >= 0.3 is 12.0 Å². The molecule has 7 nitrogen and oxygen atoms in total. The van der Waals surface area contributed by atoms with Crippen molar-refractivity contribution in [2.45, 2.75) is 32.7 Å². The van der Waals surface area contributed by atoms with Gasteiger partial charge in [-0.2, -0.15) is 0 Å². The Morgan fingerprint density at radius 2 is 1.58 bits per heavy atom. The number of aryl methyl sites for hydroxylation is 2. The summed E-state index contributed by atoms with van der Waals surface area (Å²) in [5.41, 5.74) is 2.77. The molecule has 0 saturated carbocycles. The lowest BCUT2D eigenvalue weighted by molar-refractivity contribution is -0.143. The number of hydrogen-bond acceptors (Lipinski definition) is 4. The second-order valence-electron chi connectivity index (χ2n) is 6.94. The fourth-order valence-corrected chi connectivity index (χ4v) is 3.58. The summed E-state index contributed by atoms with van der Waals surface area (Å²) in [5, 5.41) is 8.53. The van der Waals surface area contributed by atoms with Crippen LogP contribution in [0, 0.1) is 13.8 Å². The van der Waals surface area contributed by atoms with Crippen LogP contribution in [0.15, 0.2) is 36.4 Å². The summed E-state index contributed by atoms with van der Waals surface area (Å²) >= 11 is 12.1. The molecule has 0 aliphatic carbocycles. The third kappa shape index (κ3) is 6.87. The zero-order valence-electron chi connectivity index (χ0n) is 17.6. The number of urea groups is 1. The molecule has 0 aliphatic heterocycles. The van der Waals surface area contributed by atoms with Crippen molar-refractivity contribution < 1.29 is 19.1 Å². The SMILES string of the molecule is COC(=O)[C@H](CCCNC(=O)Nc1c(C)cccc1C)NC(=O)c1c(Cl)cccc1Cl. The fourth-order valence-electron chi connectivity index (χ4n) is 3.01. The molecule has 0 radical (unpaired) electrons. The molecule has 0 spiro atoms. The maximum Gasteiger partial charge on any atom is 0.328 e. The van der Waals surface area contributed by atoms with E-state index in [1.807, 2.05) is 32.0 Å². The molecule has 2 aromatic rings. The van der Waals surface area contributed by atoms with Crippen LogP contribution in [0.5, 0.6) is 0 Å². The van der Waals surface area contributed by atoms with Crippen molar-refractivity contribution in [1.29, 1.82) is 0 Å². The first kappa shape index (κ1) is 24.5. The number of hydrogen-bond donors (Lipinski definition) is 3. The van der Waals surface area contributed by atoms with Gasteiger partial charge in [-0.1, -0.05) is 47.5 Å². The molecule has 1 atom stereocenters. The Bertz CT molecular complexity index is 925. The molecule has 0 heterocycles. The normalized spacial score (nSPS) is 11.4. The zero-order valence-corrected chi connectivity index (χ0v) is 19.1. The molecule has 0 saturated heterocycles. The lowest BCUT2D eigenvalue weighted by atomic mass is 10.1. The molecular weight excluding hydrogens is 441 g/mol. The van der Waals surface area contributed by atoms with E-state index in [4.69, 9.17) is 27.9 Å². The number of amides is 3. The van der Waals surface area contributed by atoms with E-state index in [2.05, 4.69) is 16.0 Å². The molecule has 0 aliphatic rings. The summed E-state index contributed by atoms with van der Waals surface area (Å²) in [6, 6.07) is 9.18. The van der Waals surface area contributed by atoms with Crippen molar-refractivity contribution in [2.75, 3.05) is 19.0 Å². The topological polar surface area (TPSA) is 96.5 Å². The molecule has 31 heavy (non-hydrogen) atoms. The van der Waals surface area contributed by atoms with E-state index < -0.39 is 17.9 Å². The predicted molar refractivity (Wildman–Crippen MR) is 122 cm³/mol. The summed E-state index contributed by atoms with van der Waals surface area (Å²) in [6.07, 6.45) is 0.681. The summed E-state index contributed by atoms with van der Waals surface area (Å²) in [5.74, 6) is -1.18. The van der Waals surface area contributed by atoms with E-state index >= 15 is 0 Å². The van der Waals surface area contributed by atoms with Gasteiger partial charge in [0, 0.05) is 12.2 Å². The Morgan fingerprint density at radius 3 is 2.16 bits per heavy atom. The van der Waals surface area contributed by atoms with E-state index in [0.29, 0.717) is 13.0 Å². The second kappa shape index (κ2) is 11.6. The van der Waals surface area contributed by atoms with E-state index in [1.165, 1.54) is 19.2 Å². The molecule has 2 rings (SSSR count). The Hall–Kier alpha value is -2.77. The first-order valence-electron chi connectivity index (χ1n) is 9.68. The van der Waals surface area contributed by atoms with Gasteiger partial charge in [0.15, 0.2) is 0 Å². The van der Waals surface area contributed by atoms with Crippen molar-refractivity contribution in [3.8, 4) is 0 Å². The predicted octanol–water partition coefficient (Wildman–Crippen LogP) is 4.48.